The highest BCUT2D eigenvalue weighted by atomic mass is 19.4. The van der Waals surface area contributed by atoms with Gasteiger partial charge in [-0.15, -0.1) is 0 Å². The number of carbonyl (C=O) groups is 1. The molecule has 0 saturated heterocycles. The molecule has 0 amide bonds. The van der Waals surface area contributed by atoms with Crippen molar-refractivity contribution in [3.05, 3.63) is 53.3 Å². The van der Waals surface area contributed by atoms with Crippen LogP contribution < -0.4 is 5.32 Å². The molecule has 0 saturated carbocycles. The number of aryl methyl sites for hydroxylation is 2. The Morgan fingerprint density at radius 1 is 1.26 bits per heavy atom. The fourth-order valence-electron chi connectivity index (χ4n) is 3.57. The summed E-state index contributed by atoms with van der Waals surface area (Å²) in [6.45, 7) is 3.48. The molecule has 0 bridgehead atoms. The fraction of sp³-hybridized carbons (Fsp3) is 0.391. The van der Waals surface area contributed by atoms with E-state index in [0.717, 1.165) is 22.4 Å². The number of rotatable bonds is 9. The number of aliphatic hydroxyl groups is 1. The lowest BCUT2D eigenvalue weighted by molar-refractivity contribution is -0.131. The molecular weight excluding hydrogens is 407 g/mol. The van der Waals surface area contributed by atoms with E-state index in [1.165, 1.54) is 0 Å². The first-order valence-electron chi connectivity index (χ1n) is 10.3. The van der Waals surface area contributed by atoms with E-state index in [9.17, 15) is 18.0 Å². The molecule has 0 spiro atoms. The van der Waals surface area contributed by atoms with Gasteiger partial charge in [0.15, 0.2) is 11.4 Å². The highest BCUT2D eigenvalue weighted by molar-refractivity contribution is 5.97. The molecule has 2 aromatic heterocycles. The number of alkyl halides is 3. The summed E-state index contributed by atoms with van der Waals surface area (Å²) in [7, 11) is 0. The van der Waals surface area contributed by atoms with E-state index in [0.29, 0.717) is 36.2 Å². The van der Waals surface area contributed by atoms with Gasteiger partial charge in [-0.25, -0.2) is 4.98 Å². The Morgan fingerprint density at radius 3 is 2.68 bits per heavy atom. The Balaban J connectivity index is 2.02. The zero-order chi connectivity index (χ0) is 22.6. The van der Waals surface area contributed by atoms with Gasteiger partial charge in [0.25, 0.3) is 0 Å². The minimum Gasteiger partial charge on any atom is -0.396 e. The molecule has 2 heterocycles. The van der Waals surface area contributed by atoms with Gasteiger partial charge in [0.2, 0.25) is 0 Å². The van der Waals surface area contributed by atoms with Crippen LogP contribution in [0.1, 0.15) is 47.7 Å². The van der Waals surface area contributed by atoms with E-state index in [2.05, 4.69) is 10.3 Å². The van der Waals surface area contributed by atoms with Crippen LogP contribution in [0.3, 0.4) is 0 Å². The lowest BCUT2D eigenvalue weighted by Crippen LogP contribution is -2.15. The van der Waals surface area contributed by atoms with Crippen molar-refractivity contribution in [1.29, 1.82) is 0 Å². The second-order valence-corrected chi connectivity index (χ2v) is 7.52. The Kier molecular flexibility index (Phi) is 7.00. The molecule has 8 heteroatoms. The number of pyridine rings is 1. The number of hydrogen-bond donors (Lipinski definition) is 2. The average molecular weight is 433 g/mol. The van der Waals surface area contributed by atoms with Crippen LogP contribution >= 0.6 is 0 Å². The van der Waals surface area contributed by atoms with Gasteiger partial charge in [-0.05, 0) is 43.0 Å². The Labute approximate surface area is 178 Å². The molecular formula is C23H26F3N3O2. The van der Waals surface area contributed by atoms with Crippen molar-refractivity contribution in [2.75, 3.05) is 18.5 Å². The highest BCUT2D eigenvalue weighted by Crippen LogP contribution is 2.29. The quantitative estimate of drug-likeness (QED) is 0.456. The van der Waals surface area contributed by atoms with E-state index in [1.54, 1.807) is 18.3 Å². The largest absolute Gasteiger partial charge is 0.396 e. The molecule has 3 rings (SSSR count). The molecule has 3 aromatic rings. The number of aliphatic hydroxyl groups excluding tert-OH is 1. The second kappa shape index (κ2) is 9.51. The van der Waals surface area contributed by atoms with Crippen LogP contribution in [0.25, 0.3) is 16.9 Å². The van der Waals surface area contributed by atoms with Gasteiger partial charge in [-0.2, -0.15) is 13.2 Å². The number of benzene rings is 1. The van der Waals surface area contributed by atoms with Crippen molar-refractivity contribution < 1.29 is 23.1 Å². The number of Topliss-reactive ketones (excluding diaryl/α,β-unsaturated/α-hetero) is 1. The Morgan fingerprint density at radius 2 is 2.03 bits per heavy atom. The predicted octanol–water partition coefficient (Wildman–Crippen LogP) is 5.19. The predicted molar refractivity (Wildman–Crippen MR) is 115 cm³/mol. The van der Waals surface area contributed by atoms with Gasteiger partial charge >= 0.3 is 6.18 Å². The number of aromatic nitrogens is 2. The van der Waals surface area contributed by atoms with Crippen molar-refractivity contribution in [2.24, 2.45) is 0 Å². The zero-order valence-electron chi connectivity index (χ0n) is 17.6. The average Bonchev–Trinajstić information content (AvgIpc) is 3.14. The molecule has 0 unspecified atom stereocenters. The molecule has 0 radical (unpaired) electrons. The molecule has 5 nitrogen and oxygen atoms in total. The summed E-state index contributed by atoms with van der Waals surface area (Å²) in [6.07, 6.45) is -0.0609. The maximum atomic E-state index is 12.6. The molecule has 1 aromatic carbocycles. The summed E-state index contributed by atoms with van der Waals surface area (Å²) >= 11 is 0. The van der Waals surface area contributed by atoms with Gasteiger partial charge in [0.1, 0.15) is 0 Å². The van der Waals surface area contributed by atoms with Crippen LogP contribution in [0, 0.1) is 6.92 Å². The van der Waals surface area contributed by atoms with E-state index >= 15 is 0 Å². The van der Waals surface area contributed by atoms with E-state index < -0.39 is 12.6 Å². The summed E-state index contributed by atoms with van der Waals surface area (Å²) in [5.74, 6) is 0.0737. The summed E-state index contributed by atoms with van der Waals surface area (Å²) in [5, 5.41) is 12.0. The van der Waals surface area contributed by atoms with Gasteiger partial charge in [0, 0.05) is 36.9 Å². The maximum Gasteiger partial charge on any atom is 0.390 e. The minimum atomic E-state index is -4.24. The Hall–Kier alpha value is -2.87. The number of nitrogens with one attached hydrogen (secondary N) is 1. The topological polar surface area (TPSA) is 66.6 Å². The lowest BCUT2D eigenvalue weighted by atomic mass is 9.99. The summed E-state index contributed by atoms with van der Waals surface area (Å²) < 4.78 is 39.6. The second-order valence-electron chi connectivity index (χ2n) is 7.52. The van der Waals surface area contributed by atoms with Crippen molar-refractivity contribution >= 4 is 17.1 Å². The number of halogens is 3. The maximum absolute atomic E-state index is 12.6. The number of nitrogens with zero attached hydrogens (tertiary/aromatic N) is 2. The fourth-order valence-corrected chi connectivity index (χ4v) is 3.57. The van der Waals surface area contributed by atoms with Crippen molar-refractivity contribution in [2.45, 2.75) is 45.7 Å². The normalized spacial score (nSPS) is 11.8. The molecule has 31 heavy (non-hydrogen) atoms. The molecule has 0 aliphatic rings. The van der Waals surface area contributed by atoms with Crippen molar-refractivity contribution in [1.82, 2.24) is 9.38 Å². The van der Waals surface area contributed by atoms with Gasteiger partial charge in [0.05, 0.1) is 24.0 Å². The van der Waals surface area contributed by atoms with Crippen LogP contribution in [0.4, 0.5) is 18.9 Å². The molecule has 0 aliphatic carbocycles. The van der Waals surface area contributed by atoms with E-state index in [1.807, 2.05) is 36.6 Å². The van der Waals surface area contributed by atoms with E-state index in [4.69, 9.17) is 5.11 Å². The SMILES string of the molecule is CCC(=O)c1ccc(-c2cnc3c(NCCC(F)(F)F)cc(CCCO)cn23)cc1C. The Bertz CT molecular complexity index is 1070. The third-order valence-electron chi connectivity index (χ3n) is 5.15. The number of ketones is 1. The number of hydrogen-bond acceptors (Lipinski definition) is 4. The summed E-state index contributed by atoms with van der Waals surface area (Å²) in [4.78, 5) is 16.5. The van der Waals surface area contributed by atoms with Crippen molar-refractivity contribution in [3.63, 3.8) is 0 Å². The summed E-state index contributed by atoms with van der Waals surface area (Å²) in [6, 6.07) is 7.36. The smallest absolute Gasteiger partial charge is 0.390 e. The number of carbonyl (C=O) groups excluding carboxylic acids is 1. The van der Waals surface area contributed by atoms with Crippen LogP contribution in [0.2, 0.25) is 0 Å². The van der Waals surface area contributed by atoms with E-state index in [-0.39, 0.29) is 18.9 Å². The van der Waals surface area contributed by atoms with Crippen LogP contribution in [0.5, 0.6) is 0 Å². The molecule has 2 N–H and O–H groups in total. The molecule has 166 valence electrons. The van der Waals surface area contributed by atoms with Crippen LogP contribution in [0.15, 0.2) is 36.7 Å². The molecule has 0 fully saturated rings. The lowest BCUT2D eigenvalue weighted by Gasteiger charge is -2.13. The minimum absolute atomic E-state index is 0.0256. The zero-order valence-corrected chi connectivity index (χ0v) is 17.6. The monoisotopic (exact) mass is 433 g/mol. The number of imidazole rings is 1. The standard InChI is InChI=1S/C23H26F3N3O2/c1-3-21(31)18-7-6-17(11-15(18)2)20-13-28-22-19(27-9-8-23(24,25)26)12-16(5-4-10-30)14-29(20)22/h6-7,11-14,27,30H,3-5,8-10H2,1-2H3. The van der Waals surface area contributed by atoms with Gasteiger partial charge in [-0.1, -0.05) is 19.1 Å². The molecule has 0 aliphatic heterocycles. The first-order valence-corrected chi connectivity index (χ1v) is 10.3. The van der Waals surface area contributed by atoms with Gasteiger partial charge < -0.3 is 10.4 Å². The first-order chi connectivity index (χ1) is 14.7. The number of anilines is 1. The third-order valence-corrected chi connectivity index (χ3v) is 5.15. The van der Waals surface area contributed by atoms with Crippen LogP contribution in [-0.4, -0.2) is 39.6 Å². The first kappa shape index (κ1) is 22.8. The highest BCUT2D eigenvalue weighted by Gasteiger charge is 2.26. The number of fused-ring (bicyclic) bond motifs is 1. The van der Waals surface area contributed by atoms with Crippen LogP contribution in [-0.2, 0) is 6.42 Å². The summed E-state index contributed by atoms with van der Waals surface area (Å²) in [5.41, 5.74) is 5.09. The third kappa shape index (κ3) is 5.44. The van der Waals surface area contributed by atoms with Gasteiger partial charge in [-0.3, -0.25) is 9.20 Å². The van der Waals surface area contributed by atoms with Crippen molar-refractivity contribution in [3.8, 4) is 11.3 Å². The molecule has 0 atom stereocenters.